The average molecular weight is 384 g/mol. The molecule has 0 bridgehead atoms. The Labute approximate surface area is 173 Å². The van der Waals surface area contributed by atoms with Crippen LogP contribution in [0.5, 0.6) is 5.75 Å². The molecule has 0 saturated heterocycles. The molecule has 0 spiro atoms. The van der Waals surface area contributed by atoms with Gasteiger partial charge in [0.05, 0.1) is 18.2 Å². The van der Waals surface area contributed by atoms with Crippen molar-refractivity contribution in [3.8, 4) is 11.8 Å². The van der Waals surface area contributed by atoms with Crippen molar-refractivity contribution in [1.82, 2.24) is 0 Å². The van der Waals surface area contributed by atoms with Crippen LogP contribution in [0.2, 0.25) is 0 Å². The Morgan fingerprint density at radius 3 is 1.89 bits per heavy atom. The number of hydrogen-bond donors (Lipinski definition) is 0. The molecule has 2 rings (SSSR count). The predicted octanol–water partition coefficient (Wildman–Crippen LogP) is 8.05. The minimum absolute atomic E-state index is 0.691. The molecule has 1 fully saturated rings. The lowest BCUT2D eigenvalue weighted by molar-refractivity contribution is 0.228. The Hall–Kier alpha value is -1.49. The average Bonchev–Trinajstić information content (AvgIpc) is 2.74. The molecule has 0 amide bonds. The highest BCUT2D eigenvalue weighted by Crippen LogP contribution is 2.34. The smallest absolute Gasteiger partial charge is 0.119 e. The Morgan fingerprint density at radius 1 is 0.786 bits per heavy atom. The summed E-state index contributed by atoms with van der Waals surface area (Å²) in [6.45, 7) is 3.09. The van der Waals surface area contributed by atoms with Crippen LogP contribution in [0.4, 0.5) is 0 Å². The minimum Gasteiger partial charge on any atom is -0.494 e. The number of unbranched alkanes of at least 4 members (excludes halogenated alkanes) is 7. The topological polar surface area (TPSA) is 33.0 Å². The summed E-state index contributed by atoms with van der Waals surface area (Å²) in [5, 5.41) is 8.82. The van der Waals surface area contributed by atoms with Crippen LogP contribution >= 0.6 is 0 Å². The van der Waals surface area contributed by atoms with Gasteiger partial charge in [-0.05, 0) is 48.9 Å². The van der Waals surface area contributed by atoms with E-state index < -0.39 is 0 Å². The number of nitrogens with zero attached hydrogens (tertiary/aromatic N) is 1. The highest BCUT2D eigenvalue weighted by Gasteiger charge is 2.20. The molecule has 0 aliphatic heterocycles. The zero-order valence-electron chi connectivity index (χ0n) is 18.1. The van der Waals surface area contributed by atoms with E-state index in [0.717, 1.165) is 30.6 Å². The summed E-state index contributed by atoms with van der Waals surface area (Å²) in [7, 11) is 0. The van der Waals surface area contributed by atoms with E-state index in [1.54, 1.807) is 0 Å². The van der Waals surface area contributed by atoms with Crippen molar-refractivity contribution in [2.24, 2.45) is 11.8 Å². The molecular weight excluding hydrogens is 342 g/mol. The fourth-order valence-electron chi connectivity index (χ4n) is 4.56. The third kappa shape index (κ3) is 9.63. The Balaban J connectivity index is 1.43. The van der Waals surface area contributed by atoms with Crippen molar-refractivity contribution < 1.29 is 4.74 Å². The molecule has 0 radical (unpaired) electrons. The highest BCUT2D eigenvalue weighted by molar-refractivity contribution is 5.34. The molecular formula is C26H41NO. The van der Waals surface area contributed by atoms with Gasteiger partial charge in [0.25, 0.3) is 0 Å². The number of benzene rings is 1. The molecule has 2 heteroatoms. The normalized spacial score (nSPS) is 19.3. The van der Waals surface area contributed by atoms with E-state index >= 15 is 0 Å². The van der Waals surface area contributed by atoms with Crippen molar-refractivity contribution in [2.45, 2.75) is 103 Å². The predicted molar refractivity (Wildman–Crippen MR) is 119 cm³/mol. The van der Waals surface area contributed by atoms with Crippen molar-refractivity contribution in [3.05, 3.63) is 29.8 Å². The molecule has 1 aromatic rings. The second-order valence-electron chi connectivity index (χ2n) is 8.78. The van der Waals surface area contributed by atoms with Gasteiger partial charge in [-0.15, -0.1) is 0 Å². The lowest BCUT2D eigenvalue weighted by Crippen LogP contribution is -2.15. The standard InChI is InChI=1S/C26H41NO/c1-2-3-4-5-6-7-8-9-11-23-13-15-24(16-14-23)12-10-21-28-26-19-17-25(22-27)18-20-26/h17-20,23-24H,2-16,21H2,1H3/t23-,24-. The molecule has 0 heterocycles. The zero-order valence-corrected chi connectivity index (χ0v) is 18.1. The fourth-order valence-corrected chi connectivity index (χ4v) is 4.56. The molecule has 1 aliphatic carbocycles. The zero-order chi connectivity index (χ0) is 19.9. The molecule has 1 saturated carbocycles. The first kappa shape index (κ1) is 22.8. The molecule has 28 heavy (non-hydrogen) atoms. The first-order valence-electron chi connectivity index (χ1n) is 11.9. The van der Waals surface area contributed by atoms with Crippen molar-refractivity contribution >= 4 is 0 Å². The van der Waals surface area contributed by atoms with Crippen molar-refractivity contribution in [1.29, 1.82) is 5.26 Å². The van der Waals surface area contributed by atoms with Crippen LogP contribution in [0.15, 0.2) is 24.3 Å². The van der Waals surface area contributed by atoms with Crippen LogP contribution in [0, 0.1) is 23.2 Å². The van der Waals surface area contributed by atoms with E-state index in [9.17, 15) is 0 Å². The third-order valence-electron chi connectivity index (χ3n) is 6.44. The summed E-state index contributed by atoms with van der Waals surface area (Å²) in [5.41, 5.74) is 0.691. The van der Waals surface area contributed by atoms with Gasteiger partial charge in [0, 0.05) is 0 Å². The molecule has 1 aromatic carbocycles. The lowest BCUT2D eigenvalue weighted by Gasteiger charge is -2.28. The van der Waals surface area contributed by atoms with Gasteiger partial charge in [0.1, 0.15) is 5.75 Å². The summed E-state index contributed by atoms with van der Waals surface area (Å²) in [5.74, 6) is 2.80. The maximum Gasteiger partial charge on any atom is 0.119 e. The molecule has 0 unspecified atom stereocenters. The number of rotatable bonds is 14. The highest BCUT2D eigenvalue weighted by atomic mass is 16.5. The van der Waals surface area contributed by atoms with Gasteiger partial charge in [-0.3, -0.25) is 0 Å². The fraction of sp³-hybridized carbons (Fsp3) is 0.731. The molecule has 0 N–H and O–H groups in total. The van der Waals surface area contributed by atoms with Crippen LogP contribution in [0.25, 0.3) is 0 Å². The lowest BCUT2D eigenvalue weighted by atomic mass is 9.78. The number of nitriles is 1. The molecule has 1 aliphatic rings. The minimum atomic E-state index is 0.691. The van der Waals surface area contributed by atoms with E-state index in [2.05, 4.69) is 13.0 Å². The SMILES string of the molecule is CCCCCCCCCC[C@H]1CC[C@H](CCCOc2ccc(C#N)cc2)CC1. The summed E-state index contributed by atoms with van der Waals surface area (Å²) in [4.78, 5) is 0. The summed E-state index contributed by atoms with van der Waals surface area (Å²) < 4.78 is 5.82. The van der Waals surface area contributed by atoms with Crippen LogP contribution in [0.1, 0.15) is 109 Å². The first-order chi connectivity index (χ1) is 13.8. The second kappa shape index (κ2) is 14.5. The van der Waals surface area contributed by atoms with E-state index in [1.165, 1.54) is 89.9 Å². The number of hydrogen-bond acceptors (Lipinski definition) is 2. The quantitative estimate of drug-likeness (QED) is 0.304. The maximum atomic E-state index is 8.82. The molecule has 156 valence electrons. The van der Waals surface area contributed by atoms with E-state index in [0.29, 0.717) is 5.56 Å². The summed E-state index contributed by atoms with van der Waals surface area (Å²) in [6.07, 6.45) is 21.2. The Bertz CT molecular complexity index is 537. The number of ether oxygens (including phenoxy) is 1. The van der Waals surface area contributed by atoms with Gasteiger partial charge >= 0.3 is 0 Å². The van der Waals surface area contributed by atoms with E-state index in [4.69, 9.17) is 10.00 Å². The van der Waals surface area contributed by atoms with Gasteiger partial charge in [-0.25, -0.2) is 0 Å². The van der Waals surface area contributed by atoms with Gasteiger partial charge in [0.2, 0.25) is 0 Å². The van der Waals surface area contributed by atoms with Crippen LogP contribution in [-0.2, 0) is 0 Å². The van der Waals surface area contributed by atoms with E-state index in [-0.39, 0.29) is 0 Å². The van der Waals surface area contributed by atoms with Crippen LogP contribution in [0.3, 0.4) is 0 Å². The van der Waals surface area contributed by atoms with Gasteiger partial charge in [-0.1, -0.05) is 90.4 Å². The van der Waals surface area contributed by atoms with Gasteiger partial charge in [0.15, 0.2) is 0 Å². The first-order valence-corrected chi connectivity index (χ1v) is 11.9. The third-order valence-corrected chi connectivity index (χ3v) is 6.44. The van der Waals surface area contributed by atoms with Crippen molar-refractivity contribution in [3.63, 3.8) is 0 Å². The second-order valence-corrected chi connectivity index (χ2v) is 8.78. The Morgan fingerprint density at radius 2 is 1.32 bits per heavy atom. The van der Waals surface area contributed by atoms with Crippen LogP contribution in [-0.4, -0.2) is 6.61 Å². The molecule has 0 aromatic heterocycles. The van der Waals surface area contributed by atoms with Gasteiger partial charge < -0.3 is 4.74 Å². The molecule has 0 atom stereocenters. The molecule has 2 nitrogen and oxygen atoms in total. The summed E-state index contributed by atoms with van der Waals surface area (Å²) >= 11 is 0. The monoisotopic (exact) mass is 383 g/mol. The Kier molecular flexibility index (Phi) is 11.8. The maximum absolute atomic E-state index is 8.82. The van der Waals surface area contributed by atoms with Gasteiger partial charge in [-0.2, -0.15) is 5.26 Å². The van der Waals surface area contributed by atoms with E-state index in [1.807, 2.05) is 24.3 Å². The van der Waals surface area contributed by atoms with Crippen LogP contribution < -0.4 is 4.74 Å². The largest absolute Gasteiger partial charge is 0.494 e. The summed E-state index contributed by atoms with van der Waals surface area (Å²) in [6, 6.07) is 9.58. The van der Waals surface area contributed by atoms with Crippen molar-refractivity contribution in [2.75, 3.05) is 6.61 Å².